The van der Waals surface area contributed by atoms with E-state index in [9.17, 15) is 4.79 Å². The minimum absolute atomic E-state index is 0.783. The van der Waals surface area contributed by atoms with Crippen LogP contribution in [0.2, 0.25) is 0 Å². The molecular formula is C11H18O. The summed E-state index contributed by atoms with van der Waals surface area (Å²) < 4.78 is 0. The Morgan fingerprint density at radius 1 is 1.25 bits per heavy atom. The Labute approximate surface area is 75.2 Å². The van der Waals surface area contributed by atoms with Crippen molar-refractivity contribution in [2.45, 2.75) is 40.5 Å². The topological polar surface area (TPSA) is 17.1 Å². The molecule has 0 rings (SSSR count). The minimum Gasteiger partial charge on any atom is -0.298 e. The summed E-state index contributed by atoms with van der Waals surface area (Å²) in [6.45, 7) is 8.18. The van der Waals surface area contributed by atoms with Gasteiger partial charge in [-0.15, -0.1) is 0 Å². The third-order valence-corrected chi connectivity index (χ3v) is 1.95. The van der Waals surface area contributed by atoms with Gasteiger partial charge < -0.3 is 0 Å². The van der Waals surface area contributed by atoms with Gasteiger partial charge in [-0.25, -0.2) is 0 Å². The van der Waals surface area contributed by atoms with Crippen molar-refractivity contribution in [3.8, 4) is 0 Å². The highest BCUT2D eigenvalue weighted by molar-refractivity contribution is 5.74. The average molecular weight is 166 g/mol. The predicted molar refractivity (Wildman–Crippen MR) is 53.1 cm³/mol. The highest BCUT2D eigenvalue weighted by atomic mass is 16.1. The van der Waals surface area contributed by atoms with Gasteiger partial charge in [-0.05, 0) is 39.2 Å². The van der Waals surface area contributed by atoms with Crippen LogP contribution in [0.1, 0.15) is 40.5 Å². The monoisotopic (exact) mass is 166 g/mol. The van der Waals surface area contributed by atoms with E-state index in [1.54, 1.807) is 0 Å². The largest absolute Gasteiger partial charge is 0.298 e. The molecule has 0 aromatic heterocycles. The maximum absolute atomic E-state index is 10.6. The van der Waals surface area contributed by atoms with Crippen molar-refractivity contribution >= 4 is 6.29 Å². The third-order valence-electron chi connectivity index (χ3n) is 1.95. The number of carbonyl (C=O) groups is 1. The molecule has 0 aliphatic heterocycles. The quantitative estimate of drug-likeness (QED) is 0.356. The zero-order valence-electron chi connectivity index (χ0n) is 8.48. The second kappa shape index (κ2) is 5.76. The summed E-state index contributed by atoms with van der Waals surface area (Å²) in [5.41, 5.74) is 3.39. The Morgan fingerprint density at radius 2 is 1.83 bits per heavy atom. The molecule has 0 aromatic rings. The van der Waals surface area contributed by atoms with Gasteiger partial charge in [0, 0.05) is 0 Å². The van der Waals surface area contributed by atoms with Crippen molar-refractivity contribution in [1.82, 2.24) is 0 Å². The van der Waals surface area contributed by atoms with Crippen LogP contribution in [0, 0.1) is 0 Å². The van der Waals surface area contributed by atoms with E-state index in [1.807, 2.05) is 20.8 Å². The predicted octanol–water partition coefficient (Wildman–Crippen LogP) is 3.27. The molecule has 0 aromatic carbocycles. The first kappa shape index (κ1) is 11.2. The normalized spacial score (nSPS) is 12.0. The molecule has 0 fully saturated rings. The molecule has 0 saturated carbocycles. The summed E-state index contributed by atoms with van der Waals surface area (Å²) in [7, 11) is 0. The van der Waals surface area contributed by atoms with Crippen molar-refractivity contribution in [2.24, 2.45) is 0 Å². The second-order valence-electron chi connectivity index (χ2n) is 3.26. The molecule has 0 N–H and O–H groups in total. The molecule has 0 aliphatic carbocycles. The molecule has 0 amide bonds. The van der Waals surface area contributed by atoms with E-state index in [0.717, 1.165) is 24.7 Å². The highest BCUT2D eigenvalue weighted by Crippen LogP contribution is 2.11. The molecule has 0 aliphatic rings. The zero-order valence-corrected chi connectivity index (χ0v) is 8.48. The van der Waals surface area contributed by atoms with Gasteiger partial charge in [0.05, 0.1) is 0 Å². The molecule has 0 radical (unpaired) electrons. The van der Waals surface area contributed by atoms with Crippen LogP contribution in [0.15, 0.2) is 22.8 Å². The average Bonchev–Trinajstić information content (AvgIpc) is 2.04. The Hall–Kier alpha value is -0.850. The number of carbonyl (C=O) groups excluding carboxylic acids is 1. The molecule has 0 heterocycles. The molecule has 0 saturated heterocycles. The smallest absolute Gasteiger partial charge is 0.146 e. The van der Waals surface area contributed by atoms with Gasteiger partial charge in [-0.1, -0.05) is 24.1 Å². The van der Waals surface area contributed by atoms with Crippen molar-refractivity contribution < 1.29 is 4.79 Å². The van der Waals surface area contributed by atoms with Crippen LogP contribution >= 0.6 is 0 Å². The first-order chi connectivity index (χ1) is 5.61. The van der Waals surface area contributed by atoms with Crippen LogP contribution < -0.4 is 0 Å². The Balaban J connectivity index is 4.38. The lowest BCUT2D eigenvalue weighted by molar-refractivity contribution is -0.105. The van der Waals surface area contributed by atoms with Crippen LogP contribution in [0.3, 0.4) is 0 Å². The van der Waals surface area contributed by atoms with Crippen molar-refractivity contribution in [3.05, 3.63) is 22.8 Å². The molecule has 1 nitrogen and oxygen atoms in total. The SMILES string of the molecule is CC/C(C)=C(/C=O)CC=C(C)C. The van der Waals surface area contributed by atoms with Gasteiger partial charge in [0.2, 0.25) is 0 Å². The van der Waals surface area contributed by atoms with Crippen LogP contribution in [0.4, 0.5) is 0 Å². The van der Waals surface area contributed by atoms with E-state index in [0.29, 0.717) is 0 Å². The number of hydrogen-bond donors (Lipinski definition) is 0. The Bertz CT molecular complexity index is 205. The van der Waals surface area contributed by atoms with E-state index in [1.165, 1.54) is 11.1 Å². The van der Waals surface area contributed by atoms with Crippen LogP contribution in [0.25, 0.3) is 0 Å². The van der Waals surface area contributed by atoms with E-state index in [4.69, 9.17) is 0 Å². The number of rotatable bonds is 4. The fraction of sp³-hybridized carbons (Fsp3) is 0.545. The standard InChI is InChI=1S/C11H18O/c1-5-10(4)11(8-12)7-6-9(2)3/h6,8H,5,7H2,1-4H3/b11-10+. The van der Waals surface area contributed by atoms with Gasteiger partial charge in [0.15, 0.2) is 0 Å². The number of allylic oxidation sites excluding steroid dienone is 4. The first-order valence-electron chi connectivity index (χ1n) is 4.39. The third kappa shape index (κ3) is 4.12. The van der Waals surface area contributed by atoms with Gasteiger partial charge in [0.25, 0.3) is 0 Å². The maximum Gasteiger partial charge on any atom is 0.146 e. The van der Waals surface area contributed by atoms with Crippen molar-refractivity contribution in [3.63, 3.8) is 0 Å². The molecule has 68 valence electrons. The van der Waals surface area contributed by atoms with Crippen LogP contribution in [-0.2, 0) is 4.79 Å². The van der Waals surface area contributed by atoms with Crippen molar-refractivity contribution in [2.75, 3.05) is 0 Å². The summed E-state index contributed by atoms with van der Waals surface area (Å²) in [4.78, 5) is 10.6. The summed E-state index contributed by atoms with van der Waals surface area (Å²) in [5, 5.41) is 0. The fourth-order valence-corrected chi connectivity index (χ4v) is 0.864. The highest BCUT2D eigenvalue weighted by Gasteiger charge is 1.97. The minimum atomic E-state index is 0.783. The zero-order chi connectivity index (χ0) is 9.56. The van der Waals surface area contributed by atoms with E-state index in [2.05, 4.69) is 13.0 Å². The van der Waals surface area contributed by atoms with Gasteiger partial charge in [-0.2, -0.15) is 0 Å². The van der Waals surface area contributed by atoms with Gasteiger partial charge >= 0.3 is 0 Å². The van der Waals surface area contributed by atoms with E-state index < -0.39 is 0 Å². The van der Waals surface area contributed by atoms with Crippen LogP contribution in [-0.4, -0.2) is 6.29 Å². The Morgan fingerprint density at radius 3 is 2.17 bits per heavy atom. The summed E-state index contributed by atoms with van der Waals surface area (Å²) >= 11 is 0. The molecule has 0 atom stereocenters. The summed E-state index contributed by atoms with van der Waals surface area (Å²) in [6, 6.07) is 0. The molecule has 0 spiro atoms. The summed E-state index contributed by atoms with van der Waals surface area (Å²) in [5.74, 6) is 0. The van der Waals surface area contributed by atoms with Gasteiger partial charge in [0.1, 0.15) is 6.29 Å². The lowest BCUT2D eigenvalue weighted by atomic mass is 10.0. The summed E-state index contributed by atoms with van der Waals surface area (Å²) in [6.07, 6.45) is 4.80. The number of aldehydes is 1. The molecular weight excluding hydrogens is 148 g/mol. The first-order valence-corrected chi connectivity index (χ1v) is 4.39. The molecule has 0 unspecified atom stereocenters. The van der Waals surface area contributed by atoms with Gasteiger partial charge in [-0.3, -0.25) is 4.79 Å². The van der Waals surface area contributed by atoms with Crippen molar-refractivity contribution in [1.29, 1.82) is 0 Å². The fourth-order valence-electron chi connectivity index (χ4n) is 0.864. The molecule has 1 heteroatoms. The van der Waals surface area contributed by atoms with Crippen LogP contribution in [0.5, 0.6) is 0 Å². The second-order valence-corrected chi connectivity index (χ2v) is 3.26. The number of hydrogen-bond acceptors (Lipinski definition) is 1. The maximum atomic E-state index is 10.6. The molecule has 12 heavy (non-hydrogen) atoms. The Kier molecular flexibility index (Phi) is 5.35. The lowest BCUT2D eigenvalue weighted by Gasteiger charge is -2.00. The van der Waals surface area contributed by atoms with E-state index >= 15 is 0 Å². The van der Waals surface area contributed by atoms with E-state index in [-0.39, 0.29) is 0 Å². The molecule has 0 bridgehead atoms. The lowest BCUT2D eigenvalue weighted by Crippen LogP contribution is -1.88.